The van der Waals surface area contributed by atoms with Crippen LogP contribution in [0.25, 0.3) is 0 Å². The lowest BCUT2D eigenvalue weighted by Crippen LogP contribution is -2.55. The molecule has 10 heteroatoms. The molecular formula is C31H39F4N3O3. The largest absolute Gasteiger partial charge is 0.508 e. The van der Waals surface area contributed by atoms with E-state index in [0.717, 1.165) is 24.3 Å². The number of Topliss-reactive ketones (excluding diaryl/α,β-unsaturated/α-hetero) is 1. The van der Waals surface area contributed by atoms with E-state index < -0.39 is 41.7 Å². The van der Waals surface area contributed by atoms with Gasteiger partial charge in [-0.3, -0.25) is 9.59 Å². The molecule has 2 aliphatic heterocycles. The van der Waals surface area contributed by atoms with Gasteiger partial charge in [0.1, 0.15) is 17.6 Å². The Morgan fingerprint density at radius 1 is 1.05 bits per heavy atom. The van der Waals surface area contributed by atoms with Crippen LogP contribution in [-0.2, 0) is 4.79 Å². The molecule has 6 nitrogen and oxygen atoms in total. The van der Waals surface area contributed by atoms with E-state index in [1.165, 1.54) is 24.3 Å². The zero-order valence-corrected chi connectivity index (χ0v) is 23.8. The molecule has 1 amide bonds. The smallest absolute Gasteiger partial charge is 0.408 e. The van der Waals surface area contributed by atoms with Gasteiger partial charge in [-0.15, -0.1) is 0 Å². The number of hydrogen-bond donors (Lipinski definition) is 1. The predicted molar refractivity (Wildman–Crippen MR) is 148 cm³/mol. The third kappa shape index (κ3) is 7.09. The highest BCUT2D eigenvalue weighted by Gasteiger charge is 2.52. The van der Waals surface area contributed by atoms with Crippen molar-refractivity contribution < 1.29 is 32.3 Å². The van der Waals surface area contributed by atoms with Crippen LogP contribution in [0.1, 0.15) is 53.1 Å². The quantitative estimate of drug-likeness (QED) is 0.251. The molecule has 4 atom stereocenters. The standard InChI is InChI=1S/C31H39F4N3O3/c1-20-23(11-7-12-26(20)32)28-24(29(40)21-9-6-10-22(39)17-21)18-37(15-5-4-14-36(2)3)19-25(28)30(41)38-16-8-13-27(38)31(33,34)35/h6-7,9-12,17,24-25,27-28,39H,4-5,8,13-16,18-19H2,1-3H3/t24-,25-,27-,28-/m0/s1. The lowest BCUT2D eigenvalue weighted by molar-refractivity contribution is -0.185. The number of amides is 1. The van der Waals surface area contributed by atoms with E-state index in [1.807, 2.05) is 19.0 Å². The zero-order chi connectivity index (χ0) is 29.9. The van der Waals surface area contributed by atoms with Gasteiger partial charge < -0.3 is 19.8 Å². The Morgan fingerprint density at radius 2 is 1.76 bits per heavy atom. The monoisotopic (exact) mass is 577 g/mol. The summed E-state index contributed by atoms with van der Waals surface area (Å²) in [5, 5.41) is 10.1. The number of phenols is 1. The fourth-order valence-corrected chi connectivity index (χ4v) is 6.44. The Morgan fingerprint density at radius 3 is 2.44 bits per heavy atom. The topological polar surface area (TPSA) is 64.1 Å². The van der Waals surface area contributed by atoms with Crippen LogP contribution in [0.15, 0.2) is 42.5 Å². The Kier molecular flexibility index (Phi) is 9.74. The summed E-state index contributed by atoms with van der Waals surface area (Å²) in [6, 6.07) is 8.52. The average Bonchev–Trinajstić information content (AvgIpc) is 3.42. The minimum absolute atomic E-state index is 0.0115. The molecule has 2 aromatic carbocycles. The van der Waals surface area contributed by atoms with Gasteiger partial charge in [0.15, 0.2) is 5.78 Å². The molecule has 2 aromatic rings. The van der Waals surface area contributed by atoms with Crippen molar-refractivity contribution in [1.82, 2.24) is 14.7 Å². The van der Waals surface area contributed by atoms with Gasteiger partial charge in [-0.25, -0.2) is 4.39 Å². The highest BCUT2D eigenvalue weighted by atomic mass is 19.4. The molecular weight excluding hydrogens is 538 g/mol. The molecule has 0 unspecified atom stereocenters. The number of carbonyl (C=O) groups is 2. The maximum absolute atomic E-state index is 14.9. The number of hydrogen-bond acceptors (Lipinski definition) is 5. The molecule has 224 valence electrons. The first-order valence-corrected chi connectivity index (χ1v) is 14.2. The summed E-state index contributed by atoms with van der Waals surface area (Å²) < 4.78 is 56.7. The number of benzene rings is 2. The van der Waals surface area contributed by atoms with Gasteiger partial charge in [-0.05, 0) is 89.1 Å². The van der Waals surface area contributed by atoms with Crippen molar-refractivity contribution in [3.63, 3.8) is 0 Å². The van der Waals surface area contributed by atoms with Crippen molar-refractivity contribution in [2.75, 3.05) is 46.8 Å². The Balaban J connectivity index is 1.78. The fourth-order valence-electron chi connectivity index (χ4n) is 6.44. The number of nitrogens with zero attached hydrogens (tertiary/aromatic N) is 3. The van der Waals surface area contributed by atoms with Crippen LogP contribution in [0.4, 0.5) is 17.6 Å². The van der Waals surface area contributed by atoms with Gasteiger partial charge in [-0.1, -0.05) is 24.3 Å². The van der Waals surface area contributed by atoms with E-state index in [2.05, 4.69) is 4.90 Å². The summed E-state index contributed by atoms with van der Waals surface area (Å²) in [6.07, 6.45) is -2.82. The van der Waals surface area contributed by atoms with E-state index in [1.54, 1.807) is 25.1 Å². The maximum Gasteiger partial charge on any atom is 0.408 e. The lowest BCUT2D eigenvalue weighted by atomic mass is 9.69. The van der Waals surface area contributed by atoms with Crippen molar-refractivity contribution in [3.05, 3.63) is 65.0 Å². The van der Waals surface area contributed by atoms with E-state index >= 15 is 0 Å². The van der Waals surface area contributed by atoms with Crippen LogP contribution in [0, 0.1) is 24.6 Å². The van der Waals surface area contributed by atoms with Gasteiger partial charge in [0, 0.05) is 37.0 Å². The highest BCUT2D eigenvalue weighted by molar-refractivity contribution is 5.99. The minimum Gasteiger partial charge on any atom is -0.508 e. The SMILES string of the molecule is Cc1c(F)cccc1[C@H]1[C@@H](C(=O)c2cccc(O)c2)CN(CCCCN(C)C)C[C@@H]1C(=O)N1CCC[C@H]1C(F)(F)F. The molecule has 0 saturated carbocycles. The van der Waals surface area contributed by atoms with E-state index in [0.29, 0.717) is 12.1 Å². The Bertz CT molecular complexity index is 1240. The van der Waals surface area contributed by atoms with Crippen LogP contribution in [-0.4, -0.2) is 90.5 Å². The first kappa shape index (κ1) is 31.0. The molecule has 2 heterocycles. The summed E-state index contributed by atoms with van der Waals surface area (Å²) in [5.41, 5.74) is 0.971. The van der Waals surface area contributed by atoms with Crippen LogP contribution in [0.2, 0.25) is 0 Å². The second-order valence-electron chi connectivity index (χ2n) is 11.6. The second-order valence-corrected chi connectivity index (χ2v) is 11.6. The van der Waals surface area contributed by atoms with Crippen molar-refractivity contribution in [2.45, 2.75) is 50.7 Å². The number of rotatable bonds is 9. The number of piperidine rings is 1. The molecule has 0 aromatic heterocycles. The van der Waals surface area contributed by atoms with Crippen LogP contribution in [0.3, 0.4) is 0 Å². The lowest BCUT2D eigenvalue weighted by Gasteiger charge is -2.45. The Hall–Kier alpha value is -2.98. The van der Waals surface area contributed by atoms with Crippen LogP contribution in [0.5, 0.6) is 5.75 Å². The molecule has 2 aliphatic rings. The number of halogens is 4. The molecule has 0 radical (unpaired) electrons. The van der Waals surface area contributed by atoms with Gasteiger partial charge in [-0.2, -0.15) is 13.2 Å². The number of phenolic OH excluding ortho intramolecular Hbond substituents is 1. The molecule has 2 fully saturated rings. The number of unbranched alkanes of at least 4 members (excludes halogenated alkanes) is 1. The van der Waals surface area contributed by atoms with Crippen molar-refractivity contribution >= 4 is 11.7 Å². The molecule has 0 bridgehead atoms. The van der Waals surface area contributed by atoms with Crippen molar-refractivity contribution in [1.29, 1.82) is 0 Å². The summed E-state index contributed by atoms with van der Waals surface area (Å²) >= 11 is 0. The van der Waals surface area contributed by atoms with E-state index in [4.69, 9.17) is 0 Å². The summed E-state index contributed by atoms with van der Waals surface area (Å²) in [7, 11) is 3.94. The summed E-state index contributed by atoms with van der Waals surface area (Å²) in [6.45, 7) is 3.43. The number of aromatic hydroxyl groups is 1. The maximum atomic E-state index is 14.9. The second kappa shape index (κ2) is 12.9. The molecule has 1 N–H and O–H groups in total. The van der Waals surface area contributed by atoms with Gasteiger partial charge in [0.05, 0.1) is 5.92 Å². The third-order valence-electron chi connectivity index (χ3n) is 8.47. The number of alkyl halides is 3. The molecule has 0 aliphatic carbocycles. The normalized spacial score (nSPS) is 23.8. The minimum atomic E-state index is -4.56. The van der Waals surface area contributed by atoms with Crippen molar-refractivity contribution in [2.24, 2.45) is 11.8 Å². The number of carbonyl (C=O) groups excluding carboxylic acids is 2. The first-order chi connectivity index (χ1) is 19.4. The molecule has 4 rings (SSSR count). The van der Waals surface area contributed by atoms with Gasteiger partial charge in [0.25, 0.3) is 0 Å². The third-order valence-corrected chi connectivity index (χ3v) is 8.47. The van der Waals surface area contributed by atoms with Crippen molar-refractivity contribution in [3.8, 4) is 5.75 Å². The molecule has 0 spiro atoms. The number of ketones is 1. The van der Waals surface area contributed by atoms with Gasteiger partial charge >= 0.3 is 6.18 Å². The Labute approximate surface area is 238 Å². The number of likely N-dealkylation sites (tertiary alicyclic amines) is 2. The predicted octanol–water partition coefficient (Wildman–Crippen LogP) is 5.25. The van der Waals surface area contributed by atoms with E-state index in [-0.39, 0.29) is 55.1 Å². The molecule has 2 saturated heterocycles. The zero-order valence-electron chi connectivity index (χ0n) is 23.8. The van der Waals surface area contributed by atoms with Crippen LogP contribution >= 0.6 is 0 Å². The average molecular weight is 578 g/mol. The summed E-state index contributed by atoms with van der Waals surface area (Å²) in [5.74, 6) is -4.22. The first-order valence-electron chi connectivity index (χ1n) is 14.2. The van der Waals surface area contributed by atoms with E-state index in [9.17, 15) is 32.3 Å². The van der Waals surface area contributed by atoms with Crippen LogP contribution < -0.4 is 0 Å². The highest BCUT2D eigenvalue weighted by Crippen LogP contribution is 2.44. The molecule has 41 heavy (non-hydrogen) atoms. The summed E-state index contributed by atoms with van der Waals surface area (Å²) in [4.78, 5) is 33.2. The fraction of sp³-hybridized carbons (Fsp3) is 0.548. The van der Waals surface area contributed by atoms with Gasteiger partial charge in [0.2, 0.25) is 5.91 Å².